The van der Waals surface area contributed by atoms with Crippen molar-refractivity contribution in [1.82, 2.24) is 0 Å². The van der Waals surface area contributed by atoms with Crippen LogP contribution in [0.15, 0.2) is 0 Å². The third-order valence-electron chi connectivity index (χ3n) is 3.16. The van der Waals surface area contributed by atoms with Crippen LogP contribution in [-0.4, -0.2) is 22.2 Å². The zero-order valence-electron chi connectivity index (χ0n) is 12.8. The number of unbranched alkanes of at least 4 members (excludes halogenated alkanes) is 2. The minimum atomic E-state index is -0.677. The smallest absolute Gasteiger partial charge is 0.306 e. The fourth-order valence-electron chi connectivity index (χ4n) is 1.59. The zero-order valence-corrected chi connectivity index (χ0v) is 12.8. The van der Waals surface area contributed by atoms with E-state index >= 15 is 0 Å². The van der Waals surface area contributed by atoms with Crippen LogP contribution in [0.5, 0.6) is 0 Å². The average Bonchev–Trinajstić information content (AvgIpc) is 2.37. The SMILES string of the molecule is CCCCC(C)C(=O)O.CCCCC(CC)C(=O)O. The van der Waals surface area contributed by atoms with Gasteiger partial charge in [-0.15, -0.1) is 0 Å². The summed E-state index contributed by atoms with van der Waals surface area (Å²) in [4.78, 5) is 20.6. The molecule has 0 aliphatic carbocycles. The van der Waals surface area contributed by atoms with Crippen LogP contribution in [0.4, 0.5) is 0 Å². The highest BCUT2D eigenvalue weighted by molar-refractivity contribution is 5.69. The molecule has 0 aliphatic rings. The molecule has 0 rings (SSSR count). The molecular weight excluding hydrogens is 244 g/mol. The molecule has 0 bridgehead atoms. The minimum absolute atomic E-state index is 0.111. The summed E-state index contributed by atoms with van der Waals surface area (Å²) < 4.78 is 0. The zero-order chi connectivity index (χ0) is 15.3. The highest BCUT2D eigenvalue weighted by Gasteiger charge is 2.12. The van der Waals surface area contributed by atoms with Gasteiger partial charge in [-0.25, -0.2) is 0 Å². The Kier molecular flexibility index (Phi) is 14.3. The predicted molar refractivity (Wildman–Crippen MR) is 77.3 cm³/mol. The number of hydrogen-bond acceptors (Lipinski definition) is 2. The number of carbonyl (C=O) groups is 2. The van der Waals surface area contributed by atoms with Crippen LogP contribution >= 0.6 is 0 Å². The average molecular weight is 274 g/mol. The molecule has 114 valence electrons. The van der Waals surface area contributed by atoms with Gasteiger partial charge in [-0.2, -0.15) is 0 Å². The molecule has 0 amide bonds. The Hall–Kier alpha value is -1.06. The Labute approximate surface area is 117 Å². The van der Waals surface area contributed by atoms with Crippen LogP contribution in [0.25, 0.3) is 0 Å². The van der Waals surface area contributed by atoms with E-state index < -0.39 is 11.9 Å². The molecule has 0 radical (unpaired) electrons. The Morgan fingerprint density at radius 1 is 0.895 bits per heavy atom. The van der Waals surface area contributed by atoms with Crippen molar-refractivity contribution < 1.29 is 19.8 Å². The summed E-state index contributed by atoms with van der Waals surface area (Å²) in [5.41, 5.74) is 0. The van der Waals surface area contributed by atoms with Crippen LogP contribution in [0.1, 0.15) is 72.6 Å². The number of carboxylic acids is 2. The van der Waals surface area contributed by atoms with Gasteiger partial charge in [0.1, 0.15) is 0 Å². The van der Waals surface area contributed by atoms with Gasteiger partial charge in [-0.3, -0.25) is 9.59 Å². The van der Waals surface area contributed by atoms with Crippen molar-refractivity contribution in [3.63, 3.8) is 0 Å². The number of aliphatic carboxylic acids is 2. The van der Waals surface area contributed by atoms with Crippen molar-refractivity contribution in [3.8, 4) is 0 Å². The maximum Gasteiger partial charge on any atom is 0.306 e. The molecule has 4 nitrogen and oxygen atoms in total. The highest BCUT2D eigenvalue weighted by atomic mass is 16.4. The Morgan fingerprint density at radius 3 is 1.68 bits per heavy atom. The van der Waals surface area contributed by atoms with E-state index in [2.05, 4.69) is 13.8 Å². The van der Waals surface area contributed by atoms with Crippen LogP contribution < -0.4 is 0 Å². The van der Waals surface area contributed by atoms with Gasteiger partial charge >= 0.3 is 11.9 Å². The van der Waals surface area contributed by atoms with E-state index in [1.54, 1.807) is 6.92 Å². The van der Waals surface area contributed by atoms with Gasteiger partial charge in [0.25, 0.3) is 0 Å². The third-order valence-corrected chi connectivity index (χ3v) is 3.16. The molecular formula is C15H30O4. The number of hydrogen-bond donors (Lipinski definition) is 2. The van der Waals surface area contributed by atoms with Crippen LogP contribution in [0.3, 0.4) is 0 Å². The normalized spacial score (nSPS) is 13.1. The molecule has 0 aromatic carbocycles. The van der Waals surface area contributed by atoms with Crippen molar-refractivity contribution in [2.75, 3.05) is 0 Å². The van der Waals surface area contributed by atoms with E-state index in [0.717, 1.165) is 44.9 Å². The van der Waals surface area contributed by atoms with Gasteiger partial charge < -0.3 is 10.2 Å². The summed E-state index contributed by atoms with van der Waals surface area (Å²) in [5, 5.41) is 17.0. The molecule has 0 fully saturated rings. The van der Waals surface area contributed by atoms with Crippen LogP contribution in [0.2, 0.25) is 0 Å². The highest BCUT2D eigenvalue weighted by Crippen LogP contribution is 2.11. The molecule has 2 unspecified atom stereocenters. The first-order chi connectivity index (χ1) is 8.90. The Balaban J connectivity index is 0. The molecule has 0 aromatic heterocycles. The second-order valence-corrected chi connectivity index (χ2v) is 4.97. The van der Waals surface area contributed by atoms with Crippen LogP contribution in [0, 0.1) is 11.8 Å². The lowest BCUT2D eigenvalue weighted by molar-refractivity contribution is -0.142. The summed E-state index contributed by atoms with van der Waals surface area (Å²) >= 11 is 0. The molecule has 0 heterocycles. The van der Waals surface area contributed by atoms with Crippen molar-refractivity contribution in [3.05, 3.63) is 0 Å². The summed E-state index contributed by atoms with van der Waals surface area (Å²) in [7, 11) is 0. The van der Waals surface area contributed by atoms with Crippen molar-refractivity contribution in [2.45, 2.75) is 72.6 Å². The molecule has 0 saturated carbocycles. The van der Waals surface area contributed by atoms with Crippen molar-refractivity contribution in [1.29, 1.82) is 0 Å². The molecule has 4 heteroatoms. The lowest BCUT2D eigenvalue weighted by Crippen LogP contribution is -2.11. The van der Waals surface area contributed by atoms with E-state index in [4.69, 9.17) is 10.2 Å². The van der Waals surface area contributed by atoms with Gasteiger partial charge in [0.2, 0.25) is 0 Å². The summed E-state index contributed by atoms with van der Waals surface area (Å²) in [6, 6.07) is 0. The Bertz CT molecular complexity index is 238. The monoisotopic (exact) mass is 274 g/mol. The fraction of sp³-hybridized carbons (Fsp3) is 0.867. The largest absolute Gasteiger partial charge is 0.481 e. The Morgan fingerprint density at radius 2 is 1.37 bits per heavy atom. The molecule has 0 aliphatic heterocycles. The summed E-state index contributed by atoms with van der Waals surface area (Å²) in [6.45, 7) is 7.82. The molecule has 19 heavy (non-hydrogen) atoms. The minimum Gasteiger partial charge on any atom is -0.481 e. The van der Waals surface area contributed by atoms with Crippen molar-refractivity contribution >= 4 is 11.9 Å². The van der Waals surface area contributed by atoms with Gasteiger partial charge in [0.05, 0.1) is 11.8 Å². The molecule has 0 spiro atoms. The first-order valence-corrected chi connectivity index (χ1v) is 7.36. The fourth-order valence-corrected chi connectivity index (χ4v) is 1.59. The summed E-state index contributed by atoms with van der Waals surface area (Å²) in [5.74, 6) is -1.59. The molecule has 0 saturated heterocycles. The van der Waals surface area contributed by atoms with Gasteiger partial charge in [0, 0.05) is 0 Å². The third kappa shape index (κ3) is 13.2. The standard InChI is InChI=1S/C8H16O2.C7H14O2/c1-3-5-6-7(4-2)8(9)10;1-3-4-5-6(2)7(8)9/h7H,3-6H2,1-2H3,(H,9,10);6H,3-5H2,1-2H3,(H,8,9). The topological polar surface area (TPSA) is 74.6 Å². The lowest BCUT2D eigenvalue weighted by atomic mass is 10.00. The van der Waals surface area contributed by atoms with E-state index in [9.17, 15) is 9.59 Å². The van der Waals surface area contributed by atoms with E-state index in [-0.39, 0.29) is 11.8 Å². The first-order valence-electron chi connectivity index (χ1n) is 7.36. The molecule has 0 aromatic rings. The first kappa shape index (κ1) is 20.3. The second kappa shape index (κ2) is 13.4. The number of rotatable bonds is 9. The maximum absolute atomic E-state index is 10.4. The van der Waals surface area contributed by atoms with Gasteiger partial charge in [0.15, 0.2) is 0 Å². The molecule has 2 atom stereocenters. The van der Waals surface area contributed by atoms with Gasteiger partial charge in [-0.05, 0) is 19.3 Å². The number of carboxylic acid groups (broad SMARTS) is 2. The maximum atomic E-state index is 10.4. The van der Waals surface area contributed by atoms with Crippen molar-refractivity contribution in [2.24, 2.45) is 11.8 Å². The second-order valence-electron chi connectivity index (χ2n) is 4.97. The van der Waals surface area contributed by atoms with E-state index in [1.807, 2.05) is 6.92 Å². The summed E-state index contributed by atoms with van der Waals surface area (Å²) in [6.07, 6.45) is 6.63. The van der Waals surface area contributed by atoms with Gasteiger partial charge in [-0.1, -0.05) is 53.4 Å². The van der Waals surface area contributed by atoms with E-state index in [1.165, 1.54) is 0 Å². The van der Waals surface area contributed by atoms with E-state index in [0.29, 0.717) is 0 Å². The lowest BCUT2D eigenvalue weighted by Gasteiger charge is -2.06. The quantitative estimate of drug-likeness (QED) is 0.661. The predicted octanol–water partition coefficient (Wildman–Crippen LogP) is 4.18. The molecule has 2 N–H and O–H groups in total. The van der Waals surface area contributed by atoms with Crippen LogP contribution in [-0.2, 0) is 9.59 Å².